The summed E-state index contributed by atoms with van der Waals surface area (Å²) < 4.78 is 10.6. The zero-order valence-electron chi connectivity index (χ0n) is 7.64. The molecule has 2 heterocycles. The van der Waals surface area contributed by atoms with Gasteiger partial charge in [0, 0.05) is 6.61 Å². The third kappa shape index (κ3) is 1.62. The Balaban J connectivity index is 2.08. The molecule has 72 valence electrons. The van der Waals surface area contributed by atoms with Gasteiger partial charge in [0.15, 0.2) is 0 Å². The molecule has 13 heavy (non-hydrogen) atoms. The van der Waals surface area contributed by atoms with E-state index in [1.54, 1.807) is 18.4 Å². The lowest BCUT2D eigenvalue weighted by molar-refractivity contribution is -0.0276. The topological polar surface area (TPSA) is 42.6 Å². The van der Waals surface area contributed by atoms with Crippen LogP contribution in [0.4, 0.5) is 0 Å². The lowest BCUT2D eigenvalue weighted by atomic mass is 9.98. The molecular formula is C10H14O3. The van der Waals surface area contributed by atoms with Crippen LogP contribution in [0.15, 0.2) is 22.8 Å². The molecule has 1 aromatic rings. The normalized spacial score (nSPS) is 30.6. The van der Waals surface area contributed by atoms with E-state index in [4.69, 9.17) is 9.15 Å². The van der Waals surface area contributed by atoms with Crippen molar-refractivity contribution in [3.8, 4) is 0 Å². The van der Waals surface area contributed by atoms with Gasteiger partial charge in [-0.3, -0.25) is 0 Å². The summed E-state index contributed by atoms with van der Waals surface area (Å²) in [7, 11) is 0. The Morgan fingerprint density at radius 1 is 1.62 bits per heavy atom. The highest BCUT2D eigenvalue weighted by molar-refractivity contribution is 5.04. The second-order valence-electron chi connectivity index (χ2n) is 3.56. The van der Waals surface area contributed by atoms with E-state index in [-0.39, 0.29) is 6.10 Å². The van der Waals surface area contributed by atoms with Crippen LogP contribution in [0.1, 0.15) is 25.2 Å². The van der Waals surface area contributed by atoms with Crippen LogP contribution in [0, 0.1) is 5.92 Å². The second kappa shape index (κ2) is 3.52. The maximum Gasteiger partial charge on any atom is 0.138 e. The molecule has 3 atom stereocenters. The number of furan rings is 1. The van der Waals surface area contributed by atoms with Crippen LogP contribution in [0.5, 0.6) is 0 Å². The molecule has 3 nitrogen and oxygen atoms in total. The summed E-state index contributed by atoms with van der Waals surface area (Å²) in [5, 5.41) is 9.86. The van der Waals surface area contributed by atoms with Crippen molar-refractivity contribution in [2.45, 2.75) is 25.6 Å². The highest BCUT2D eigenvalue weighted by Crippen LogP contribution is 2.31. The first-order chi connectivity index (χ1) is 6.29. The number of hydrogen-bond donors (Lipinski definition) is 1. The van der Waals surface area contributed by atoms with Crippen LogP contribution in [0.3, 0.4) is 0 Å². The van der Waals surface area contributed by atoms with Crippen LogP contribution in [0.2, 0.25) is 0 Å². The van der Waals surface area contributed by atoms with E-state index in [1.165, 1.54) is 0 Å². The molecule has 0 aromatic carbocycles. The van der Waals surface area contributed by atoms with E-state index >= 15 is 0 Å². The number of ether oxygens (including phenoxy) is 1. The summed E-state index contributed by atoms with van der Waals surface area (Å²) in [6, 6.07) is 3.55. The molecule has 0 bridgehead atoms. The van der Waals surface area contributed by atoms with E-state index in [1.807, 2.05) is 0 Å². The predicted octanol–water partition coefficient (Wildman–Crippen LogP) is 1.74. The first-order valence-corrected chi connectivity index (χ1v) is 4.62. The Kier molecular flexibility index (Phi) is 2.38. The molecule has 1 aliphatic heterocycles. The van der Waals surface area contributed by atoms with Gasteiger partial charge in [-0.15, -0.1) is 0 Å². The zero-order valence-corrected chi connectivity index (χ0v) is 7.64. The van der Waals surface area contributed by atoms with E-state index < -0.39 is 6.10 Å². The van der Waals surface area contributed by atoms with Gasteiger partial charge in [-0.25, -0.2) is 0 Å². The van der Waals surface area contributed by atoms with Crippen LogP contribution < -0.4 is 0 Å². The average molecular weight is 182 g/mol. The molecule has 1 aliphatic rings. The Labute approximate surface area is 77.3 Å². The summed E-state index contributed by atoms with van der Waals surface area (Å²) in [6.45, 7) is 2.83. The summed E-state index contributed by atoms with van der Waals surface area (Å²) in [5.74, 6) is 0.999. The van der Waals surface area contributed by atoms with Gasteiger partial charge in [0.25, 0.3) is 0 Å². The first-order valence-electron chi connectivity index (χ1n) is 4.62. The summed E-state index contributed by atoms with van der Waals surface area (Å²) in [6.07, 6.45) is 1.86. The maximum atomic E-state index is 9.86. The Hall–Kier alpha value is -0.800. The average Bonchev–Trinajstić information content (AvgIpc) is 2.72. The predicted molar refractivity (Wildman–Crippen MR) is 47.2 cm³/mol. The molecule has 1 saturated heterocycles. The Bertz CT molecular complexity index is 255. The van der Waals surface area contributed by atoms with E-state index in [9.17, 15) is 5.11 Å². The minimum Gasteiger partial charge on any atom is -0.466 e. The van der Waals surface area contributed by atoms with Gasteiger partial charge in [-0.05, 0) is 24.5 Å². The fourth-order valence-electron chi connectivity index (χ4n) is 1.74. The quantitative estimate of drug-likeness (QED) is 0.757. The van der Waals surface area contributed by atoms with E-state index in [2.05, 4.69) is 6.92 Å². The third-order valence-electron chi connectivity index (χ3n) is 2.59. The van der Waals surface area contributed by atoms with Gasteiger partial charge in [-0.1, -0.05) is 6.92 Å². The molecule has 0 saturated carbocycles. The van der Waals surface area contributed by atoms with Crippen molar-refractivity contribution in [1.82, 2.24) is 0 Å². The van der Waals surface area contributed by atoms with Crippen molar-refractivity contribution in [2.24, 2.45) is 5.92 Å². The van der Waals surface area contributed by atoms with Gasteiger partial charge in [0.2, 0.25) is 0 Å². The number of rotatable bonds is 2. The van der Waals surface area contributed by atoms with Crippen LogP contribution in [-0.2, 0) is 4.74 Å². The fraction of sp³-hybridized carbons (Fsp3) is 0.600. The molecule has 1 fully saturated rings. The van der Waals surface area contributed by atoms with E-state index in [0.29, 0.717) is 11.7 Å². The lowest BCUT2D eigenvalue weighted by Gasteiger charge is -2.19. The van der Waals surface area contributed by atoms with Gasteiger partial charge >= 0.3 is 0 Å². The van der Waals surface area contributed by atoms with Crippen LogP contribution >= 0.6 is 0 Å². The van der Waals surface area contributed by atoms with Crippen molar-refractivity contribution in [2.75, 3.05) is 6.61 Å². The third-order valence-corrected chi connectivity index (χ3v) is 2.59. The van der Waals surface area contributed by atoms with Crippen molar-refractivity contribution in [3.63, 3.8) is 0 Å². The van der Waals surface area contributed by atoms with Crippen molar-refractivity contribution in [1.29, 1.82) is 0 Å². The molecule has 1 aromatic heterocycles. The largest absolute Gasteiger partial charge is 0.466 e. The van der Waals surface area contributed by atoms with Gasteiger partial charge in [0.05, 0.1) is 12.4 Å². The maximum absolute atomic E-state index is 9.86. The van der Waals surface area contributed by atoms with Gasteiger partial charge < -0.3 is 14.3 Å². The number of hydrogen-bond acceptors (Lipinski definition) is 3. The molecule has 3 unspecified atom stereocenters. The second-order valence-corrected chi connectivity index (χ2v) is 3.56. The first kappa shape index (κ1) is 8.78. The molecule has 1 N–H and O–H groups in total. The van der Waals surface area contributed by atoms with Gasteiger partial charge in [0.1, 0.15) is 11.9 Å². The zero-order chi connectivity index (χ0) is 9.26. The van der Waals surface area contributed by atoms with Gasteiger partial charge in [-0.2, -0.15) is 0 Å². The smallest absolute Gasteiger partial charge is 0.138 e. The Morgan fingerprint density at radius 3 is 3.00 bits per heavy atom. The summed E-state index contributed by atoms with van der Waals surface area (Å²) >= 11 is 0. The molecule has 3 heteroatoms. The summed E-state index contributed by atoms with van der Waals surface area (Å²) in [5.41, 5.74) is 0. The molecule has 2 rings (SSSR count). The number of aliphatic hydroxyl groups excluding tert-OH is 1. The molecular weight excluding hydrogens is 168 g/mol. The highest BCUT2D eigenvalue weighted by atomic mass is 16.5. The number of aliphatic hydroxyl groups is 1. The van der Waals surface area contributed by atoms with E-state index in [0.717, 1.165) is 13.0 Å². The standard InChI is InChI=1S/C10H14O3/c1-7-4-6-13-10(7)9(11)8-3-2-5-12-8/h2-3,5,7,9-11H,4,6H2,1H3. The SMILES string of the molecule is CC1CCOC1C(O)c1ccco1. The Morgan fingerprint density at radius 2 is 2.46 bits per heavy atom. The van der Waals surface area contributed by atoms with Crippen molar-refractivity contribution < 1.29 is 14.3 Å². The monoisotopic (exact) mass is 182 g/mol. The van der Waals surface area contributed by atoms with Crippen LogP contribution in [0.25, 0.3) is 0 Å². The minimum absolute atomic E-state index is 0.105. The molecule has 0 amide bonds. The lowest BCUT2D eigenvalue weighted by Crippen LogP contribution is -2.22. The highest BCUT2D eigenvalue weighted by Gasteiger charge is 2.33. The van der Waals surface area contributed by atoms with Crippen molar-refractivity contribution in [3.05, 3.63) is 24.2 Å². The molecule has 0 aliphatic carbocycles. The molecule has 0 spiro atoms. The minimum atomic E-state index is -0.618. The van der Waals surface area contributed by atoms with Crippen molar-refractivity contribution >= 4 is 0 Å². The molecule has 0 radical (unpaired) electrons. The van der Waals surface area contributed by atoms with Crippen LogP contribution in [-0.4, -0.2) is 17.8 Å². The summed E-state index contributed by atoms with van der Waals surface area (Å²) in [4.78, 5) is 0. The fourth-order valence-corrected chi connectivity index (χ4v) is 1.74.